The van der Waals surface area contributed by atoms with Gasteiger partial charge in [0.1, 0.15) is 5.94 Å². The number of hydrogen-bond donors (Lipinski definition) is 0. The summed E-state index contributed by atoms with van der Waals surface area (Å²) in [4.78, 5) is 10.2. The first-order chi connectivity index (χ1) is 4.79. The zero-order valence-corrected chi connectivity index (χ0v) is 6.27. The monoisotopic (exact) mass is 134 g/mol. The molecule has 1 aliphatic rings. The van der Waals surface area contributed by atoms with E-state index < -0.39 is 0 Å². The van der Waals surface area contributed by atoms with Crippen LogP contribution in [0.25, 0.3) is 0 Å². The van der Waals surface area contributed by atoms with E-state index in [9.17, 15) is 4.79 Å². The Morgan fingerprint density at radius 3 is 2.50 bits per heavy atom. The highest BCUT2D eigenvalue weighted by Gasteiger charge is 2.07. The average Bonchev–Trinajstić information content (AvgIpc) is 2.30. The predicted molar refractivity (Wildman–Crippen MR) is 41.3 cm³/mol. The lowest BCUT2D eigenvalue weighted by atomic mass is 10.1. The molecular formula is C9H10O. The molecule has 1 heteroatoms. The molecule has 1 nitrogen and oxygen atoms in total. The molecule has 10 heavy (non-hydrogen) atoms. The summed E-state index contributed by atoms with van der Waals surface area (Å²) in [6.45, 7) is 4.04. The van der Waals surface area contributed by atoms with Crippen molar-refractivity contribution in [2.45, 2.75) is 20.3 Å². The molecule has 52 valence electrons. The Hall–Kier alpha value is -1.07. The third kappa shape index (κ3) is 0.960. The first-order valence-corrected chi connectivity index (χ1v) is 3.43. The van der Waals surface area contributed by atoms with Crippen LogP contribution in [0.1, 0.15) is 20.3 Å². The lowest BCUT2D eigenvalue weighted by molar-refractivity contribution is 0.568. The third-order valence-corrected chi connectivity index (χ3v) is 1.83. The van der Waals surface area contributed by atoms with Gasteiger partial charge in [-0.1, -0.05) is 13.0 Å². The van der Waals surface area contributed by atoms with Crippen LogP contribution in [0.15, 0.2) is 28.9 Å². The van der Waals surface area contributed by atoms with Crippen LogP contribution < -0.4 is 0 Å². The summed E-state index contributed by atoms with van der Waals surface area (Å²) in [5.74, 6) is 1.90. The summed E-state index contributed by atoms with van der Waals surface area (Å²) < 4.78 is 0. The molecule has 0 heterocycles. The van der Waals surface area contributed by atoms with Gasteiger partial charge in [-0.05, 0) is 30.6 Å². The molecule has 1 rings (SSSR count). The smallest absolute Gasteiger partial charge is 0.132 e. The van der Waals surface area contributed by atoms with Gasteiger partial charge in [-0.3, -0.25) is 0 Å². The number of carbonyl (C=O) groups excluding carboxylic acids is 1. The van der Waals surface area contributed by atoms with Crippen molar-refractivity contribution >= 4 is 5.94 Å². The van der Waals surface area contributed by atoms with Crippen LogP contribution in [0.4, 0.5) is 0 Å². The Morgan fingerprint density at radius 2 is 2.20 bits per heavy atom. The highest BCUT2D eigenvalue weighted by molar-refractivity contribution is 5.70. The van der Waals surface area contributed by atoms with Crippen LogP contribution in [0.5, 0.6) is 0 Å². The lowest BCUT2D eigenvalue weighted by Crippen LogP contribution is -1.79. The zero-order chi connectivity index (χ0) is 7.56. The van der Waals surface area contributed by atoms with Crippen LogP contribution in [-0.2, 0) is 4.79 Å². The predicted octanol–water partition coefficient (Wildman–Crippen LogP) is 2.04. The summed E-state index contributed by atoms with van der Waals surface area (Å²) in [6, 6.07) is 0. The maximum Gasteiger partial charge on any atom is 0.132 e. The van der Waals surface area contributed by atoms with Gasteiger partial charge in [-0.25, -0.2) is 4.79 Å². The Labute approximate surface area is 60.7 Å². The van der Waals surface area contributed by atoms with Crippen molar-refractivity contribution in [3.8, 4) is 0 Å². The molecule has 0 aromatic rings. The topological polar surface area (TPSA) is 17.1 Å². The Balaban J connectivity index is 3.06. The SMILES string of the molecule is CCC1=C(C)C(=C=O)C=C1. The van der Waals surface area contributed by atoms with Gasteiger partial charge in [-0.2, -0.15) is 0 Å². The van der Waals surface area contributed by atoms with E-state index in [1.165, 1.54) is 5.57 Å². The summed E-state index contributed by atoms with van der Waals surface area (Å²) in [7, 11) is 0. The molecule has 0 aliphatic heterocycles. The van der Waals surface area contributed by atoms with E-state index in [4.69, 9.17) is 0 Å². The maximum atomic E-state index is 10.2. The van der Waals surface area contributed by atoms with E-state index in [2.05, 4.69) is 6.92 Å². The van der Waals surface area contributed by atoms with Crippen LogP contribution in [-0.4, -0.2) is 5.94 Å². The number of hydrogen-bond acceptors (Lipinski definition) is 1. The van der Waals surface area contributed by atoms with Gasteiger partial charge in [-0.15, -0.1) is 0 Å². The van der Waals surface area contributed by atoms with Gasteiger partial charge in [0.15, 0.2) is 0 Å². The number of rotatable bonds is 1. The van der Waals surface area contributed by atoms with E-state index in [0.29, 0.717) is 5.57 Å². The Morgan fingerprint density at radius 1 is 1.50 bits per heavy atom. The van der Waals surface area contributed by atoms with E-state index in [1.54, 1.807) is 0 Å². The normalized spacial score (nSPS) is 16.4. The van der Waals surface area contributed by atoms with Crippen molar-refractivity contribution in [1.29, 1.82) is 0 Å². The fourth-order valence-electron chi connectivity index (χ4n) is 1.10. The molecule has 0 aromatic heterocycles. The largest absolute Gasteiger partial charge is 0.233 e. The fourth-order valence-corrected chi connectivity index (χ4v) is 1.10. The highest BCUT2D eigenvalue weighted by atomic mass is 16.1. The summed E-state index contributed by atoms with van der Waals surface area (Å²) in [6.07, 6.45) is 4.80. The van der Waals surface area contributed by atoms with Gasteiger partial charge in [0.05, 0.1) is 5.57 Å². The van der Waals surface area contributed by atoms with Crippen molar-refractivity contribution in [3.05, 3.63) is 28.9 Å². The average molecular weight is 134 g/mol. The molecule has 0 spiro atoms. The summed E-state index contributed by atoms with van der Waals surface area (Å²) >= 11 is 0. The summed E-state index contributed by atoms with van der Waals surface area (Å²) in [5.41, 5.74) is 3.03. The van der Waals surface area contributed by atoms with E-state index in [0.717, 1.165) is 12.0 Å². The van der Waals surface area contributed by atoms with Crippen molar-refractivity contribution in [2.75, 3.05) is 0 Å². The molecule has 0 N–H and O–H groups in total. The van der Waals surface area contributed by atoms with Crippen molar-refractivity contribution in [2.24, 2.45) is 0 Å². The molecule has 1 aliphatic carbocycles. The van der Waals surface area contributed by atoms with Gasteiger partial charge in [0.25, 0.3) is 0 Å². The summed E-state index contributed by atoms with van der Waals surface area (Å²) in [5, 5.41) is 0. The third-order valence-electron chi connectivity index (χ3n) is 1.83. The molecule has 0 atom stereocenters. The van der Waals surface area contributed by atoms with Crippen molar-refractivity contribution < 1.29 is 4.79 Å². The van der Waals surface area contributed by atoms with Crippen LogP contribution in [0.2, 0.25) is 0 Å². The molecule has 0 fully saturated rings. The minimum absolute atomic E-state index is 0.705. The maximum absolute atomic E-state index is 10.2. The molecule has 0 amide bonds. The van der Waals surface area contributed by atoms with Crippen LogP contribution >= 0.6 is 0 Å². The van der Waals surface area contributed by atoms with Crippen LogP contribution in [0.3, 0.4) is 0 Å². The van der Waals surface area contributed by atoms with Crippen molar-refractivity contribution in [1.82, 2.24) is 0 Å². The van der Waals surface area contributed by atoms with Gasteiger partial charge < -0.3 is 0 Å². The van der Waals surface area contributed by atoms with Crippen molar-refractivity contribution in [3.63, 3.8) is 0 Å². The minimum atomic E-state index is 0.705. The second-order valence-corrected chi connectivity index (χ2v) is 2.35. The Bertz CT molecular complexity index is 250. The Kier molecular flexibility index (Phi) is 1.88. The van der Waals surface area contributed by atoms with E-state index >= 15 is 0 Å². The lowest BCUT2D eigenvalue weighted by Gasteiger charge is -1.94. The second-order valence-electron chi connectivity index (χ2n) is 2.35. The minimum Gasteiger partial charge on any atom is -0.233 e. The first-order valence-electron chi connectivity index (χ1n) is 3.43. The number of allylic oxidation sites excluding steroid dienone is 5. The quantitative estimate of drug-likeness (QED) is 0.501. The van der Waals surface area contributed by atoms with E-state index in [1.807, 2.05) is 25.0 Å². The van der Waals surface area contributed by atoms with Gasteiger partial charge in [0, 0.05) is 0 Å². The first kappa shape index (κ1) is 7.04. The molecule has 0 radical (unpaired) electrons. The highest BCUT2D eigenvalue weighted by Crippen LogP contribution is 2.23. The van der Waals surface area contributed by atoms with Crippen LogP contribution in [0, 0.1) is 0 Å². The second kappa shape index (κ2) is 2.68. The fraction of sp³-hybridized carbons (Fsp3) is 0.333. The van der Waals surface area contributed by atoms with Gasteiger partial charge >= 0.3 is 0 Å². The molecule has 0 unspecified atom stereocenters. The molecule has 0 bridgehead atoms. The molecule has 0 saturated heterocycles. The molecule has 0 saturated carbocycles. The zero-order valence-electron chi connectivity index (χ0n) is 6.27. The van der Waals surface area contributed by atoms with Gasteiger partial charge in [0.2, 0.25) is 0 Å². The van der Waals surface area contributed by atoms with E-state index in [-0.39, 0.29) is 0 Å². The molecular weight excluding hydrogens is 124 g/mol. The molecule has 0 aromatic carbocycles. The standard InChI is InChI=1S/C9H10O/c1-3-8-4-5-9(6-10)7(8)2/h4-5H,3H2,1-2H3.